The van der Waals surface area contributed by atoms with Crippen LogP contribution in [0.2, 0.25) is 0 Å². The highest BCUT2D eigenvalue weighted by atomic mass is 16.1. The van der Waals surface area contributed by atoms with Gasteiger partial charge >= 0.3 is 0 Å². The summed E-state index contributed by atoms with van der Waals surface area (Å²) < 4.78 is 0. The van der Waals surface area contributed by atoms with Gasteiger partial charge in [-0.05, 0) is 56.5 Å². The van der Waals surface area contributed by atoms with Crippen LogP contribution in [0.1, 0.15) is 35.6 Å². The second-order valence-electron chi connectivity index (χ2n) is 5.54. The fourth-order valence-corrected chi connectivity index (χ4v) is 2.69. The van der Waals surface area contributed by atoms with Crippen LogP contribution in [0.3, 0.4) is 0 Å². The molecule has 0 bridgehead atoms. The zero-order chi connectivity index (χ0) is 15.4. The summed E-state index contributed by atoms with van der Waals surface area (Å²) in [5.41, 5.74) is 2.38. The fraction of sp³-hybridized carbons (Fsp3) is 0.353. The lowest BCUT2D eigenvalue weighted by molar-refractivity contribution is 0.102. The molecular formula is C17H20N4O. The summed E-state index contributed by atoms with van der Waals surface area (Å²) in [6, 6.07) is 9.62. The first-order valence-corrected chi connectivity index (χ1v) is 7.68. The molecule has 22 heavy (non-hydrogen) atoms. The molecule has 2 heterocycles. The Morgan fingerprint density at radius 3 is 2.50 bits per heavy atom. The first-order valence-electron chi connectivity index (χ1n) is 7.68. The van der Waals surface area contributed by atoms with Crippen molar-refractivity contribution in [1.82, 2.24) is 9.97 Å². The first-order chi connectivity index (χ1) is 10.7. The molecule has 1 aromatic carbocycles. The molecule has 0 radical (unpaired) electrons. The van der Waals surface area contributed by atoms with E-state index >= 15 is 0 Å². The van der Waals surface area contributed by atoms with Crippen LogP contribution in [0.5, 0.6) is 0 Å². The highest BCUT2D eigenvalue weighted by Gasteiger charge is 2.11. The minimum Gasteiger partial charge on any atom is -0.372 e. The predicted molar refractivity (Wildman–Crippen MR) is 87.2 cm³/mol. The zero-order valence-electron chi connectivity index (χ0n) is 12.7. The normalized spacial score (nSPS) is 14.7. The topological polar surface area (TPSA) is 58.1 Å². The van der Waals surface area contributed by atoms with Gasteiger partial charge in [-0.15, -0.1) is 0 Å². The van der Waals surface area contributed by atoms with E-state index in [1.165, 1.54) is 24.9 Å². The van der Waals surface area contributed by atoms with Gasteiger partial charge in [0.05, 0.1) is 0 Å². The van der Waals surface area contributed by atoms with Crippen molar-refractivity contribution in [1.29, 1.82) is 0 Å². The summed E-state index contributed by atoms with van der Waals surface area (Å²) in [5.74, 6) is 0.379. The Morgan fingerprint density at radius 1 is 1.09 bits per heavy atom. The summed E-state index contributed by atoms with van der Waals surface area (Å²) in [6.07, 6.45) is 5.43. The molecule has 3 rings (SSSR count). The molecule has 1 N–H and O–H groups in total. The lowest BCUT2D eigenvalue weighted by Gasteiger charge is -2.28. The van der Waals surface area contributed by atoms with E-state index in [-0.39, 0.29) is 5.91 Å². The number of hydrogen-bond donors (Lipinski definition) is 1. The number of anilines is 2. The maximum Gasteiger partial charge on any atom is 0.274 e. The Morgan fingerprint density at radius 2 is 1.82 bits per heavy atom. The second kappa shape index (κ2) is 6.56. The zero-order valence-corrected chi connectivity index (χ0v) is 12.7. The van der Waals surface area contributed by atoms with Gasteiger partial charge in [-0.25, -0.2) is 9.97 Å². The number of hydrogen-bond acceptors (Lipinski definition) is 4. The third-order valence-electron chi connectivity index (χ3n) is 3.86. The second-order valence-corrected chi connectivity index (χ2v) is 5.54. The van der Waals surface area contributed by atoms with Crippen molar-refractivity contribution in [2.45, 2.75) is 26.2 Å². The molecule has 5 heteroatoms. The average molecular weight is 296 g/mol. The maximum absolute atomic E-state index is 12.1. The Bertz CT molecular complexity index is 648. The van der Waals surface area contributed by atoms with E-state index in [1.54, 1.807) is 19.2 Å². The van der Waals surface area contributed by atoms with E-state index in [9.17, 15) is 4.79 Å². The molecule has 1 aliphatic heterocycles. The van der Waals surface area contributed by atoms with Crippen LogP contribution < -0.4 is 10.2 Å². The van der Waals surface area contributed by atoms with Gasteiger partial charge in [0.2, 0.25) is 0 Å². The molecule has 1 aliphatic rings. The number of piperidine rings is 1. The maximum atomic E-state index is 12.1. The molecule has 1 saturated heterocycles. The number of benzene rings is 1. The minimum atomic E-state index is -0.212. The highest BCUT2D eigenvalue weighted by Crippen LogP contribution is 2.22. The molecule has 0 spiro atoms. The van der Waals surface area contributed by atoms with Crippen LogP contribution in [0.15, 0.2) is 36.5 Å². The molecular weight excluding hydrogens is 276 g/mol. The molecule has 2 aromatic rings. The molecule has 0 aliphatic carbocycles. The van der Waals surface area contributed by atoms with E-state index in [4.69, 9.17) is 0 Å². The fourth-order valence-electron chi connectivity index (χ4n) is 2.69. The molecule has 0 atom stereocenters. The van der Waals surface area contributed by atoms with Crippen molar-refractivity contribution in [3.8, 4) is 0 Å². The number of aromatic nitrogens is 2. The minimum absolute atomic E-state index is 0.212. The third-order valence-corrected chi connectivity index (χ3v) is 3.86. The summed E-state index contributed by atoms with van der Waals surface area (Å²) in [6.45, 7) is 4.00. The van der Waals surface area contributed by atoms with Gasteiger partial charge < -0.3 is 10.2 Å². The Labute approximate surface area is 130 Å². The van der Waals surface area contributed by atoms with Crippen LogP contribution >= 0.6 is 0 Å². The lowest BCUT2D eigenvalue weighted by Crippen LogP contribution is -2.29. The Kier molecular flexibility index (Phi) is 4.32. The number of amides is 1. The van der Waals surface area contributed by atoms with Crippen LogP contribution in [0.25, 0.3) is 0 Å². The summed E-state index contributed by atoms with van der Waals surface area (Å²) in [4.78, 5) is 22.7. The van der Waals surface area contributed by atoms with Gasteiger partial charge in [0.25, 0.3) is 5.91 Å². The Hall–Kier alpha value is -2.43. The SMILES string of the molecule is Cc1nccc(C(=O)Nc2ccc(N3CCCCC3)cc2)n1. The van der Waals surface area contributed by atoms with Crippen LogP contribution in [-0.2, 0) is 0 Å². The van der Waals surface area contributed by atoms with E-state index in [0.717, 1.165) is 18.8 Å². The summed E-state index contributed by atoms with van der Waals surface area (Å²) in [5, 5.41) is 2.87. The highest BCUT2D eigenvalue weighted by molar-refractivity contribution is 6.02. The first kappa shape index (κ1) is 14.5. The lowest BCUT2D eigenvalue weighted by atomic mass is 10.1. The van der Waals surface area contributed by atoms with E-state index in [1.807, 2.05) is 12.1 Å². The Balaban J connectivity index is 1.66. The smallest absolute Gasteiger partial charge is 0.274 e. The van der Waals surface area contributed by atoms with E-state index in [0.29, 0.717) is 11.5 Å². The van der Waals surface area contributed by atoms with Crippen LogP contribution in [-0.4, -0.2) is 29.0 Å². The summed E-state index contributed by atoms with van der Waals surface area (Å²) >= 11 is 0. The number of carbonyl (C=O) groups excluding carboxylic acids is 1. The molecule has 1 amide bonds. The van der Waals surface area contributed by atoms with Gasteiger partial charge in [0.15, 0.2) is 0 Å². The molecule has 0 saturated carbocycles. The molecule has 0 unspecified atom stereocenters. The molecule has 1 aromatic heterocycles. The van der Waals surface area contributed by atoms with Crippen LogP contribution in [0, 0.1) is 6.92 Å². The van der Waals surface area contributed by atoms with Crippen LogP contribution in [0.4, 0.5) is 11.4 Å². The van der Waals surface area contributed by atoms with Gasteiger partial charge in [-0.2, -0.15) is 0 Å². The van der Waals surface area contributed by atoms with Crippen molar-refractivity contribution in [3.05, 3.63) is 48.0 Å². The number of rotatable bonds is 3. The third kappa shape index (κ3) is 3.42. The van der Waals surface area contributed by atoms with Crippen molar-refractivity contribution in [2.75, 3.05) is 23.3 Å². The van der Waals surface area contributed by atoms with Crippen molar-refractivity contribution in [2.24, 2.45) is 0 Å². The van der Waals surface area contributed by atoms with E-state index < -0.39 is 0 Å². The predicted octanol–water partition coefficient (Wildman–Crippen LogP) is 3.03. The van der Waals surface area contributed by atoms with Gasteiger partial charge in [-0.1, -0.05) is 0 Å². The number of carbonyl (C=O) groups is 1. The van der Waals surface area contributed by atoms with Crippen molar-refractivity contribution < 1.29 is 4.79 Å². The molecule has 5 nitrogen and oxygen atoms in total. The van der Waals surface area contributed by atoms with Gasteiger partial charge in [0.1, 0.15) is 11.5 Å². The monoisotopic (exact) mass is 296 g/mol. The largest absolute Gasteiger partial charge is 0.372 e. The van der Waals surface area contributed by atoms with E-state index in [2.05, 4.69) is 32.3 Å². The van der Waals surface area contributed by atoms with Gasteiger partial charge in [0, 0.05) is 30.7 Å². The number of nitrogens with one attached hydrogen (secondary N) is 1. The number of nitrogens with zero attached hydrogens (tertiary/aromatic N) is 3. The molecule has 114 valence electrons. The summed E-state index contributed by atoms with van der Waals surface area (Å²) in [7, 11) is 0. The quantitative estimate of drug-likeness (QED) is 0.946. The number of aryl methyl sites for hydroxylation is 1. The molecule has 1 fully saturated rings. The standard InChI is InChI=1S/C17H20N4O/c1-13-18-10-9-16(19-13)17(22)20-14-5-7-15(8-6-14)21-11-3-2-4-12-21/h5-10H,2-4,11-12H2,1H3,(H,20,22). The van der Waals surface area contributed by atoms with Crippen molar-refractivity contribution >= 4 is 17.3 Å². The van der Waals surface area contributed by atoms with Crippen molar-refractivity contribution in [3.63, 3.8) is 0 Å². The average Bonchev–Trinajstić information content (AvgIpc) is 2.56. The van der Waals surface area contributed by atoms with Gasteiger partial charge in [-0.3, -0.25) is 4.79 Å².